The normalized spacial score (nSPS) is 15.4. The quantitative estimate of drug-likeness (QED) is 0.809. The van der Waals surface area contributed by atoms with E-state index in [1.54, 1.807) is 0 Å². The van der Waals surface area contributed by atoms with Gasteiger partial charge in [-0.05, 0) is 25.1 Å². The van der Waals surface area contributed by atoms with Gasteiger partial charge in [0.1, 0.15) is 5.84 Å². The van der Waals surface area contributed by atoms with Gasteiger partial charge in [0.2, 0.25) is 0 Å². The van der Waals surface area contributed by atoms with Crippen molar-refractivity contribution < 1.29 is 0 Å². The average molecular weight is 226 g/mol. The minimum atomic E-state index is 0.697. The number of nitrogens with zero attached hydrogens (tertiary/aromatic N) is 3. The fourth-order valence-electron chi connectivity index (χ4n) is 2.12. The standard InChI is InChI=1S/C13H14N4/c1-9-2-3-11-10(8-9)12(4-6-15-11)17-7-5-13(14)16-17/h2-4,6,8H,5,7H2,1H3,(H2,14,16). The highest BCUT2D eigenvalue weighted by Gasteiger charge is 2.15. The molecule has 2 aromatic rings. The number of pyridine rings is 1. The van der Waals surface area contributed by atoms with E-state index in [9.17, 15) is 0 Å². The Morgan fingerprint density at radius 3 is 2.94 bits per heavy atom. The van der Waals surface area contributed by atoms with E-state index in [1.807, 2.05) is 23.3 Å². The number of rotatable bonds is 1. The molecular formula is C13H14N4. The monoisotopic (exact) mass is 226 g/mol. The van der Waals surface area contributed by atoms with E-state index in [1.165, 1.54) is 5.56 Å². The molecule has 0 amide bonds. The summed E-state index contributed by atoms with van der Waals surface area (Å²) in [7, 11) is 0. The van der Waals surface area contributed by atoms with Gasteiger partial charge in [0.25, 0.3) is 0 Å². The maximum absolute atomic E-state index is 5.73. The number of aryl methyl sites for hydroxylation is 1. The lowest BCUT2D eigenvalue weighted by atomic mass is 10.1. The number of anilines is 1. The van der Waals surface area contributed by atoms with Crippen molar-refractivity contribution >= 4 is 22.4 Å². The number of hydrogen-bond donors (Lipinski definition) is 1. The van der Waals surface area contributed by atoms with Crippen LogP contribution in [0, 0.1) is 6.92 Å². The Morgan fingerprint density at radius 1 is 1.29 bits per heavy atom. The molecule has 1 aliphatic heterocycles. The van der Waals surface area contributed by atoms with Crippen LogP contribution in [0.5, 0.6) is 0 Å². The molecule has 3 rings (SSSR count). The summed E-state index contributed by atoms with van der Waals surface area (Å²) in [6, 6.07) is 8.24. The summed E-state index contributed by atoms with van der Waals surface area (Å²) in [4.78, 5) is 4.37. The molecule has 0 radical (unpaired) electrons. The van der Waals surface area contributed by atoms with Crippen LogP contribution in [0.3, 0.4) is 0 Å². The van der Waals surface area contributed by atoms with Crippen LogP contribution < -0.4 is 10.7 Å². The highest BCUT2D eigenvalue weighted by atomic mass is 15.5. The third-order valence-electron chi connectivity index (χ3n) is 2.98. The number of hydrazone groups is 1. The van der Waals surface area contributed by atoms with E-state index < -0.39 is 0 Å². The second kappa shape index (κ2) is 3.73. The van der Waals surface area contributed by atoms with Gasteiger partial charge in [-0.1, -0.05) is 11.6 Å². The first kappa shape index (κ1) is 10.1. The number of benzene rings is 1. The van der Waals surface area contributed by atoms with Crippen LogP contribution in [0.15, 0.2) is 35.6 Å². The van der Waals surface area contributed by atoms with Crippen LogP contribution in [-0.4, -0.2) is 17.4 Å². The third-order valence-corrected chi connectivity index (χ3v) is 2.98. The zero-order chi connectivity index (χ0) is 11.8. The molecule has 1 aliphatic rings. The highest BCUT2D eigenvalue weighted by molar-refractivity contribution is 5.94. The SMILES string of the molecule is Cc1ccc2nccc(N3CCC(N)=N3)c2c1. The van der Waals surface area contributed by atoms with E-state index in [2.05, 4.69) is 29.1 Å². The molecule has 2 N–H and O–H groups in total. The predicted molar refractivity (Wildman–Crippen MR) is 70.1 cm³/mol. The van der Waals surface area contributed by atoms with Gasteiger partial charge in [-0.15, -0.1) is 0 Å². The van der Waals surface area contributed by atoms with E-state index in [0.717, 1.165) is 29.6 Å². The molecule has 17 heavy (non-hydrogen) atoms. The van der Waals surface area contributed by atoms with Gasteiger partial charge in [-0.2, -0.15) is 5.10 Å². The molecule has 0 fully saturated rings. The molecule has 1 aromatic heterocycles. The molecule has 0 aliphatic carbocycles. The molecule has 0 atom stereocenters. The third kappa shape index (κ3) is 1.71. The first-order valence-electron chi connectivity index (χ1n) is 5.70. The molecule has 2 heterocycles. The topological polar surface area (TPSA) is 54.5 Å². The molecule has 0 bridgehead atoms. The summed E-state index contributed by atoms with van der Waals surface area (Å²) >= 11 is 0. The van der Waals surface area contributed by atoms with Gasteiger partial charge in [-0.25, -0.2) is 0 Å². The molecular weight excluding hydrogens is 212 g/mol. The van der Waals surface area contributed by atoms with Crippen molar-refractivity contribution in [2.45, 2.75) is 13.3 Å². The first-order valence-corrected chi connectivity index (χ1v) is 5.70. The Bertz CT molecular complexity index is 603. The molecule has 4 nitrogen and oxygen atoms in total. The average Bonchev–Trinajstić information content (AvgIpc) is 2.75. The van der Waals surface area contributed by atoms with Crippen molar-refractivity contribution in [2.24, 2.45) is 10.8 Å². The predicted octanol–water partition coefficient (Wildman–Crippen LogP) is 2.03. The first-order chi connectivity index (χ1) is 8.24. The van der Waals surface area contributed by atoms with Gasteiger partial charge in [0.05, 0.1) is 11.2 Å². The lowest BCUT2D eigenvalue weighted by Gasteiger charge is -2.15. The largest absolute Gasteiger partial charge is 0.386 e. The van der Waals surface area contributed by atoms with Crippen LogP contribution >= 0.6 is 0 Å². The molecule has 0 unspecified atom stereocenters. The van der Waals surface area contributed by atoms with Crippen molar-refractivity contribution in [3.63, 3.8) is 0 Å². The van der Waals surface area contributed by atoms with Gasteiger partial charge in [0.15, 0.2) is 0 Å². The number of nitrogens with two attached hydrogens (primary N) is 1. The van der Waals surface area contributed by atoms with Crippen LogP contribution in [0.4, 0.5) is 5.69 Å². The summed E-state index contributed by atoms with van der Waals surface area (Å²) in [5.74, 6) is 0.697. The summed E-state index contributed by atoms with van der Waals surface area (Å²) in [5, 5.41) is 7.43. The molecule has 1 aromatic carbocycles. The molecule has 0 spiro atoms. The molecule has 4 heteroatoms. The fraction of sp³-hybridized carbons (Fsp3) is 0.231. The number of aromatic nitrogens is 1. The second-order valence-electron chi connectivity index (χ2n) is 4.32. The Kier molecular flexibility index (Phi) is 2.21. The van der Waals surface area contributed by atoms with Crippen molar-refractivity contribution in [3.05, 3.63) is 36.0 Å². The Hall–Kier alpha value is -2.10. The van der Waals surface area contributed by atoms with Gasteiger partial charge in [-0.3, -0.25) is 9.99 Å². The minimum absolute atomic E-state index is 0.697. The maximum atomic E-state index is 5.73. The minimum Gasteiger partial charge on any atom is -0.386 e. The van der Waals surface area contributed by atoms with Gasteiger partial charge in [0, 0.05) is 24.5 Å². The van der Waals surface area contributed by atoms with E-state index in [-0.39, 0.29) is 0 Å². The van der Waals surface area contributed by atoms with Crippen molar-refractivity contribution in [2.75, 3.05) is 11.6 Å². The van der Waals surface area contributed by atoms with Crippen LogP contribution in [0.2, 0.25) is 0 Å². The summed E-state index contributed by atoms with van der Waals surface area (Å²) in [5.41, 5.74) is 9.03. The van der Waals surface area contributed by atoms with Crippen LogP contribution in [0.25, 0.3) is 10.9 Å². The van der Waals surface area contributed by atoms with Crippen molar-refractivity contribution in [1.29, 1.82) is 0 Å². The highest BCUT2D eigenvalue weighted by Crippen LogP contribution is 2.28. The van der Waals surface area contributed by atoms with Crippen LogP contribution in [0.1, 0.15) is 12.0 Å². The fourth-order valence-corrected chi connectivity index (χ4v) is 2.12. The van der Waals surface area contributed by atoms with Crippen molar-refractivity contribution in [1.82, 2.24) is 4.98 Å². The number of hydrogen-bond acceptors (Lipinski definition) is 4. The Labute approximate surface area is 99.8 Å². The summed E-state index contributed by atoms with van der Waals surface area (Å²) in [6.07, 6.45) is 2.65. The maximum Gasteiger partial charge on any atom is 0.122 e. The van der Waals surface area contributed by atoms with E-state index >= 15 is 0 Å². The zero-order valence-electron chi connectivity index (χ0n) is 9.72. The Morgan fingerprint density at radius 2 is 2.18 bits per heavy atom. The van der Waals surface area contributed by atoms with Crippen LogP contribution in [-0.2, 0) is 0 Å². The lowest BCUT2D eigenvalue weighted by molar-refractivity contribution is 0.926. The smallest absolute Gasteiger partial charge is 0.122 e. The number of amidine groups is 1. The lowest BCUT2D eigenvalue weighted by Crippen LogP contribution is -2.12. The Balaban J connectivity index is 2.19. The van der Waals surface area contributed by atoms with E-state index in [0.29, 0.717) is 5.84 Å². The van der Waals surface area contributed by atoms with E-state index in [4.69, 9.17) is 5.73 Å². The molecule has 86 valence electrons. The van der Waals surface area contributed by atoms with Gasteiger partial charge < -0.3 is 5.73 Å². The number of fused-ring (bicyclic) bond motifs is 1. The summed E-state index contributed by atoms with van der Waals surface area (Å²) in [6.45, 7) is 2.93. The second-order valence-corrected chi connectivity index (χ2v) is 4.32. The summed E-state index contributed by atoms with van der Waals surface area (Å²) < 4.78 is 0. The molecule has 0 saturated heterocycles. The van der Waals surface area contributed by atoms with Crippen molar-refractivity contribution in [3.8, 4) is 0 Å². The van der Waals surface area contributed by atoms with Gasteiger partial charge >= 0.3 is 0 Å². The molecule has 0 saturated carbocycles. The zero-order valence-corrected chi connectivity index (χ0v) is 9.72.